The summed E-state index contributed by atoms with van der Waals surface area (Å²) in [6.07, 6.45) is 2.00. The molecule has 3 rings (SSSR count). The van der Waals surface area contributed by atoms with E-state index in [1.54, 1.807) is 30.8 Å². The van der Waals surface area contributed by atoms with Crippen molar-refractivity contribution in [1.82, 2.24) is 20.1 Å². The Morgan fingerprint density at radius 2 is 2.11 bits per heavy atom. The first-order valence-corrected chi connectivity index (χ1v) is 8.60. The first-order chi connectivity index (χ1) is 12.5. The zero-order chi connectivity index (χ0) is 18.7. The number of aromatic nitrogens is 3. The van der Waals surface area contributed by atoms with Gasteiger partial charge in [0.1, 0.15) is 0 Å². The highest BCUT2D eigenvalue weighted by molar-refractivity contribution is 5.91. The first kappa shape index (κ1) is 20.8. The number of rotatable bonds is 5. The van der Waals surface area contributed by atoms with Crippen LogP contribution in [0.3, 0.4) is 0 Å². The van der Waals surface area contributed by atoms with Crippen LogP contribution in [-0.4, -0.2) is 38.7 Å². The van der Waals surface area contributed by atoms with Crippen molar-refractivity contribution in [3.63, 3.8) is 0 Å². The van der Waals surface area contributed by atoms with Gasteiger partial charge in [0.25, 0.3) is 5.69 Å². The molecule has 1 aliphatic rings. The molecule has 2 heterocycles. The Labute approximate surface area is 163 Å². The third-order valence-corrected chi connectivity index (χ3v) is 4.70. The normalized spacial score (nSPS) is 14.4. The molecule has 1 fully saturated rings. The highest BCUT2D eigenvalue weighted by Gasteiger charge is 2.22. The van der Waals surface area contributed by atoms with Crippen LogP contribution >= 0.6 is 12.4 Å². The van der Waals surface area contributed by atoms with Gasteiger partial charge in [0.05, 0.1) is 11.3 Å². The van der Waals surface area contributed by atoms with E-state index in [9.17, 15) is 14.9 Å². The van der Waals surface area contributed by atoms with Gasteiger partial charge in [-0.1, -0.05) is 12.1 Å². The van der Waals surface area contributed by atoms with Gasteiger partial charge in [0.2, 0.25) is 11.9 Å². The average Bonchev–Trinajstić information content (AvgIpc) is 2.98. The minimum atomic E-state index is -0.440. The molecule has 10 heteroatoms. The quantitative estimate of drug-likeness (QED) is 0.592. The smallest absolute Gasteiger partial charge is 0.272 e. The fourth-order valence-electron chi connectivity index (χ4n) is 3.17. The van der Waals surface area contributed by atoms with Crippen molar-refractivity contribution in [1.29, 1.82) is 0 Å². The number of nitro groups is 1. The standard InChI is InChI=1S/C17H22N6O3.ClH/c1-11-13(4-3-5-14(11)23(25)26)10-15(24)19-17-20-16(21-22(17)2)12-6-8-18-9-7-12;/h3-5,12,18H,6-10H2,1-2H3,(H,19,20,21,24);1H. The number of hydrogen-bond acceptors (Lipinski definition) is 6. The number of amides is 1. The predicted octanol–water partition coefficient (Wildman–Crippen LogP) is 2.10. The fourth-order valence-corrected chi connectivity index (χ4v) is 3.17. The van der Waals surface area contributed by atoms with Crippen molar-refractivity contribution < 1.29 is 9.72 Å². The van der Waals surface area contributed by atoms with Crippen molar-refractivity contribution in [2.75, 3.05) is 18.4 Å². The van der Waals surface area contributed by atoms with E-state index in [-0.39, 0.29) is 30.4 Å². The van der Waals surface area contributed by atoms with Gasteiger partial charge in [0.15, 0.2) is 5.82 Å². The lowest BCUT2D eigenvalue weighted by Crippen LogP contribution is -2.27. The number of carbonyl (C=O) groups is 1. The lowest BCUT2D eigenvalue weighted by molar-refractivity contribution is -0.385. The van der Waals surface area contributed by atoms with E-state index in [1.165, 1.54) is 6.07 Å². The van der Waals surface area contributed by atoms with Gasteiger partial charge in [-0.05, 0) is 38.4 Å². The van der Waals surface area contributed by atoms with Gasteiger partial charge in [-0.15, -0.1) is 12.4 Å². The van der Waals surface area contributed by atoms with Crippen LogP contribution in [0.1, 0.15) is 35.7 Å². The molecular weight excluding hydrogens is 372 g/mol. The summed E-state index contributed by atoms with van der Waals surface area (Å²) in [5, 5.41) is 21.5. The summed E-state index contributed by atoms with van der Waals surface area (Å²) < 4.78 is 1.57. The molecule has 1 aromatic heterocycles. The molecule has 1 amide bonds. The number of nitrogens with one attached hydrogen (secondary N) is 2. The number of carbonyl (C=O) groups excluding carboxylic acids is 1. The number of piperidine rings is 1. The molecule has 1 aromatic carbocycles. The van der Waals surface area contributed by atoms with E-state index in [0.717, 1.165) is 31.8 Å². The summed E-state index contributed by atoms with van der Waals surface area (Å²) in [5.41, 5.74) is 1.14. The van der Waals surface area contributed by atoms with Gasteiger partial charge < -0.3 is 5.32 Å². The minimum Gasteiger partial charge on any atom is -0.317 e. The summed E-state index contributed by atoms with van der Waals surface area (Å²) in [6.45, 7) is 3.53. The number of halogens is 1. The average molecular weight is 395 g/mol. The largest absolute Gasteiger partial charge is 0.317 e. The molecule has 2 N–H and O–H groups in total. The van der Waals surface area contributed by atoms with Crippen LogP contribution in [0.15, 0.2) is 18.2 Å². The van der Waals surface area contributed by atoms with Crippen LogP contribution < -0.4 is 10.6 Å². The number of aryl methyl sites for hydroxylation is 1. The lowest BCUT2D eigenvalue weighted by atomic mass is 9.98. The fraction of sp³-hybridized carbons (Fsp3) is 0.471. The molecule has 9 nitrogen and oxygen atoms in total. The van der Waals surface area contributed by atoms with Crippen molar-refractivity contribution >= 4 is 29.9 Å². The monoisotopic (exact) mass is 394 g/mol. The van der Waals surface area contributed by atoms with Gasteiger partial charge in [0, 0.05) is 24.6 Å². The Bertz CT molecular complexity index is 832. The van der Waals surface area contributed by atoms with Crippen LogP contribution in [0.4, 0.5) is 11.6 Å². The number of hydrogen-bond donors (Lipinski definition) is 2. The zero-order valence-electron chi connectivity index (χ0n) is 15.3. The molecule has 1 aliphatic heterocycles. The molecule has 0 unspecified atom stereocenters. The molecule has 1 saturated heterocycles. The first-order valence-electron chi connectivity index (χ1n) is 8.60. The molecule has 0 saturated carbocycles. The minimum absolute atomic E-state index is 0. The Morgan fingerprint density at radius 3 is 2.78 bits per heavy atom. The van der Waals surface area contributed by atoms with Crippen LogP contribution in [0.25, 0.3) is 0 Å². The summed E-state index contributed by atoms with van der Waals surface area (Å²) in [4.78, 5) is 27.4. The van der Waals surface area contributed by atoms with E-state index in [0.29, 0.717) is 23.0 Å². The Balaban J connectivity index is 0.00000261. The zero-order valence-corrected chi connectivity index (χ0v) is 16.1. The third-order valence-electron chi connectivity index (χ3n) is 4.70. The van der Waals surface area contributed by atoms with Gasteiger partial charge >= 0.3 is 0 Å². The van der Waals surface area contributed by atoms with Crippen LogP contribution in [0.5, 0.6) is 0 Å². The summed E-state index contributed by atoms with van der Waals surface area (Å²) in [7, 11) is 1.74. The molecule has 0 atom stereocenters. The van der Waals surface area contributed by atoms with Crippen LogP contribution in [-0.2, 0) is 18.3 Å². The van der Waals surface area contributed by atoms with E-state index >= 15 is 0 Å². The molecule has 0 radical (unpaired) electrons. The number of nitrogens with zero attached hydrogens (tertiary/aromatic N) is 4. The van der Waals surface area contributed by atoms with E-state index in [4.69, 9.17) is 0 Å². The van der Waals surface area contributed by atoms with Gasteiger partial charge in [-0.25, -0.2) is 4.68 Å². The topological polar surface area (TPSA) is 115 Å². The van der Waals surface area contributed by atoms with Crippen molar-refractivity contribution in [2.24, 2.45) is 7.05 Å². The summed E-state index contributed by atoms with van der Waals surface area (Å²) in [5.74, 6) is 1.16. The SMILES string of the molecule is Cc1c(CC(=O)Nc2nc(C3CCNCC3)nn2C)cccc1[N+](=O)[O-].Cl. The maximum atomic E-state index is 12.4. The second-order valence-corrected chi connectivity index (χ2v) is 6.48. The number of nitro benzene ring substituents is 1. The van der Waals surface area contributed by atoms with E-state index < -0.39 is 4.92 Å². The van der Waals surface area contributed by atoms with Crippen molar-refractivity contribution in [3.8, 4) is 0 Å². The second kappa shape index (κ2) is 8.92. The van der Waals surface area contributed by atoms with Gasteiger partial charge in [-0.3, -0.25) is 20.2 Å². The highest BCUT2D eigenvalue weighted by atomic mass is 35.5. The molecule has 0 aliphatic carbocycles. The Morgan fingerprint density at radius 1 is 1.41 bits per heavy atom. The van der Waals surface area contributed by atoms with Crippen molar-refractivity contribution in [3.05, 3.63) is 45.3 Å². The highest BCUT2D eigenvalue weighted by Crippen LogP contribution is 2.24. The molecule has 2 aromatic rings. The predicted molar refractivity (Wildman–Crippen MR) is 103 cm³/mol. The molecule has 0 bridgehead atoms. The van der Waals surface area contributed by atoms with Crippen LogP contribution in [0, 0.1) is 17.0 Å². The number of benzene rings is 1. The Kier molecular flexibility index (Phi) is 6.86. The molecular formula is C17H23ClN6O3. The third kappa shape index (κ3) is 4.81. The molecule has 0 spiro atoms. The second-order valence-electron chi connectivity index (χ2n) is 6.48. The van der Waals surface area contributed by atoms with E-state index in [2.05, 4.69) is 20.7 Å². The van der Waals surface area contributed by atoms with Gasteiger partial charge in [-0.2, -0.15) is 10.1 Å². The summed E-state index contributed by atoms with van der Waals surface area (Å²) >= 11 is 0. The lowest BCUT2D eigenvalue weighted by Gasteiger charge is -2.19. The maximum absolute atomic E-state index is 12.4. The van der Waals surface area contributed by atoms with E-state index in [1.807, 2.05) is 0 Å². The maximum Gasteiger partial charge on any atom is 0.272 e. The van der Waals surface area contributed by atoms with Crippen LogP contribution in [0.2, 0.25) is 0 Å². The number of anilines is 1. The molecule has 27 heavy (non-hydrogen) atoms. The molecule has 146 valence electrons. The summed E-state index contributed by atoms with van der Waals surface area (Å²) in [6, 6.07) is 4.75. The van der Waals surface area contributed by atoms with Crippen molar-refractivity contribution in [2.45, 2.75) is 32.1 Å². The Hall–Kier alpha value is -2.52.